The summed E-state index contributed by atoms with van der Waals surface area (Å²) in [4.78, 5) is 14.2. The molecule has 1 aliphatic rings. The lowest BCUT2D eigenvalue weighted by Crippen LogP contribution is -2.36. The molecule has 156 valence electrons. The lowest BCUT2D eigenvalue weighted by atomic mass is 9.97. The number of hydrogen-bond acceptors (Lipinski definition) is 7. The summed E-state index contributed by atoms with van der Waals surface area (Å²) in [6, 6.07) is 7.60. The summed E-state index contributed by atoms with van der Waals surface area (Å²) < 4.78 is 33.8. The number of carbonyl (C=O) groups excluding carboxylic acids is 1. The molecule has 0 atom stereocenters. The van der Waals surface area contributed by atoms with Gasteiger partial charge in [0.15, 0.2) is 0 Å². The second-order valence-electron chi connectivity index (χ2n) is 7.03. The van der Waals surface area contributed by atoms with Gasteiger partial charge in [-0.15, -0.1) is 5.10 Å². The summed E-state index contributed by atoms with van der Waals surface area (Å²) >= 11 is 0. The van der Waals surface area contributed by atoms with E-state index in [-0.39, 0.29) is 17.0 Å². The summed E-state index contributed by atoms with van der Waals surface area (Å²) in [6.45, 7) is 3.84. The molecule has 2 heterocycles. The van der Waals surface area contributed by atoms with Gasteiger partial charge >= 0.3 is 5.22 Å². The zero-order valence-corrected chi connectivity index (χ0v) is 17.4. The molecule has 0 saturated carbocycles. The Morgan fingerprint density at radius 2 is 1.93 bits per heavy atom. The Morgan fingerprint density at radius 3 is 2.52 bits per heavy atom. The minimum Gasteiger partial charge on any atom is -0.494 e. The summed E-state index contributed by atoms with van der Waals surface area (Å²) in [5, 5.41) is 7.09. The summed E-state index contributed by atoms with van der Waals surface area (Å²) in [5.41, 5.74) is 0.927. The number of rotatable bonds is 7. The van der Waals surface area contributed by atoms with Crippen LogP contribution in [-0.2, 0) is 14.6 Å². The maximum atomic E-state index is 12.4. The quantitative estimate of drug-likeness (QED) is 0.636. The number of piperidine rings is 1. The van der Waals surface area contributed by atoms with Crippen LogP contribution in [0, 0.1) is 0 Å². The van der Waals surface area contributed by atoms with Crippen LogP contribution in [0.2, 0.25) is 0 Å². The third-order valence-corrected chi connectivity index (χ3v) is 5.47. The molecule has 1 aromatic carbocycles. The highest BCUT2D eigenvalue weighted by atomic mass is 32.2. The van der Waals surface area contributed by atoms with Gasteiger partial charge in [-0.25, -0.2) is 8.42 Å². The average molecular weight is 420 g/mol. The largest absolute Gasteiger partial charge is 0.494 e. The van der Waals surface area contributed by atoms with E-state index in [0.717, 1.165) is 24.0 Å². The molecule has 0 radical (unpaired) electrons. The van der Waals surface area contributed by atoms with Crippen molar-refractivity contribution >= 4 is 21.8 Å². The van der Waals surface area contributed by atoms with Crippen molar-refractivity contribution in [2.24, 2.45) is 0 Å². The Bertz CT molecular complexity index is 958. The molecule has 0 N–H and O–H groups in total. The third-order valence-electron chi connectivity index (χ3n) is 4.67. The first-order valence-corrected chi connectivity index (χ1v) is 11.5. The second kappa shape index (κ2) is 9.21. The molecule has 3 rings (SSSR count). The number of amides is 1. The maximum absolute atomic E-state index is 12.4. The molecule has 0 spiro atoms. The van der Waals surface area contributed by atoms with Gasteiger partial charge in [-0.3, -0.25) is 4.79 Å². The van der Waals surface area contributed by atoms with Crippen molar-refractivity contribution in [1.82, 2.24) is 15.1 Å². The monoisotopic (exact) mass is 419 g/mol. The predicted molar refractivity (Wildman–Crippen MR) is 107 cm³/mol. The van der Waals surface area contributed by atoms with Crippen molar-refractivity contribution in [2.75, 3.05) is 26.0 Å². The number of aromatic nitrogens is 2. The molecule has 8 nitrogen and oxygen atoms in total. The van der Waals surface area contributed by atoms with E-state index >= 15 is 0 Å². The molecule has 1 saturated heterocycles. The average Bonchev–Trinajstić information content (AvgIpc) is 3.22. The van der Waals surface area contributed by atoms with Gasteiger partial charge in [0, 0.05) is 31.3 Å². The zero-order valence-electron chi connectivity index (χ0n) is 16.6. The van der Waals surface area contributed by atoms with Crippen LogP contribution in [0.15, 0.2) is 40.0 Å². The lowest BCUT2D eigenvalue weighted by Gasteiger charge is -2.29. The minimum absolute atomic E-state index is 0.0401. The number of carbonyl (C=O) groups is 1. The predicted octanol–water partition coefficient (Wildman–Crippen LogP) is 2.68. The van der Waals surface area contributed by atoms with E-state index in [2.05, 4.69) is 17.1 Å². The molecule has 9 heteroatoms. The molecule has 0 unspecified atom stereocenters. The maximum Gasteiger partial charge on any atom is 0.335 e. The molecule has 1 aromatic heterocycles. The van der Waals surface area contributed by atoms with E-state index in [1.165, 1.54) is 0 Å². The second-order valence-corrected chi connectivity index (χ2v) is 8.92. The van der Waals surface area contributed by atoms with E-state index in [1.54, 1.807) is 17.1 Å². The van der Waals surface area contributed by atoms with Gasteiger partial charge < -0.3 is 14.1 Å². The number of nitrogens with zero attached hydrogens (tertiary/aromatic N) is 3. The molecule has 2 aromatic rings. The molecule has 1 amide bonds. The number of ether oxygens (including phenoxy) is 1. The third kappa shape index (κ3) is 5.66. The fourth-order valence-corrected chi connectivity index (χ4v) is 3.48. The van der Waals surface area contributed by atoms with E-state index in [1.807, 2.05) is 24.3 Å². The lowest BCUT2D eigenvalue weighted by molar-refractivity contribution is -0.127. The molecule has 1 fully saturated rings. The number of hydrogen-bond donors (Lipinski definition) is 0. The standard InChI is InChI=1S/C20H25N3O5S/c1-3-14-27-17-7-4-15(5-8-17)6-9-18(24)23-12-10-16(11-13-23)19-21-22-20(28-19)29(2,25)26/h4-9,16H,3,10-14H2,1-2H3/b9-6+. The van der Waals surface area contributed by atoms with E-state index in [9.17, 15) is 13.2 Å². The number of sulfone groups is 1. The van der Waals surface area contributed by atoms with Gasteiger partial charge in [-0.1, -0.05) is 24.2 Å². The highest BCUT2D eigenvalue weighted by Crippen LogP contribution is 2.28. The first-order chi connectivity index (χ1) is 13.9. The van der Waals surface area contributed by atoms with Gasteiger partial charge in [0.25, 0.3) is 0 Å². The minimum atomic E-state index is -3.51. The van der Waals surface area contributed by atoms with Crippen molar-refractivity contribution in [3.05, 3.63) is 41.8 Å². The van der Waals surface area contributed by atoms with Gasteiger partial charge in [-0.05, 0) is 43.0 Å². The van der Waals surface area contributed by atoms with Crippen LogP contribution in [0.25, 0.3) is 6.08 Å². The van der Waals surface area contributed by atoms with Crippen molar-refractivity contribution in [2.45, 2.75) is 37.3 Å². The highest BCUT2D eigenvalue weighted by molar-refractivity contribution is 7.90. The van der Waals surface area contributed by atoms with Crippen molar-refractivity contribution in [1.29, 1.82) is 0 Å². The SMILES string of the molecule is CCCOc1ccc(/C=C/C(=O)N2CCC(c3nnc(S(C)(=O)=O)o3)CC2)cc1. The first kappa shape index (κ1) is 21.0. The number of likely N-dealkylation sites (tertiary alicyclic amines) is 1. The fourth-order valence-electron chi connectivity index (χ4n) is 3.05. The molecular formula is C20H25N3O5S. The van der Waals surface area contributed by atoms with Gasteiger partial charge in [0.1, 0.15) is 5.75 Å². The topological polar surface area (TPSA) is 103 Å². The Labute approximate surface area is 170 Å². The summed E-state index contributed by atoms with van der Waals surface area (Å²) in [5.74, 6) is 1.04. The van der Waals surface area contributed by atoms with Crippen molar-refractivity contribution in [3.8, 4) is 5.75 Å². The van der Waals surface area contributed by atoms with Gasteiger partial charge in [0.2, 0.25) is 21.6 Å². The van der Waals surface area contributed by atoms with Crippen LogP contribution < -0.4 is 4.74 Å². The number of benzene rings is 1. The summed E-state index contributed by atoms with van der Waals surface area (Å²) in [7, 11) is -3.51. The molecule has 29 heavy (non-hydrogen) atoms. The molecule has 0 aliphatic carbocycles. The zero-order chi connectivity index (χ0) is 20.9. The first-order valence-electron chi connectivity index (χ1n) is 9.60. The van der Waals surface area contributed by atoms with E-state index in [4.69, 9.17) is 9.15 Å². The Balaban J connectivity index is 1.52. The summed E-state index contributed by atoms with van der Waals surface area (Å²) in [6.07, 6.45) is 6.63. The Morgan fingerprint density at radius 1 is 1.24 bits per heavy atom. The van der Waals surface area contributed by atoms with Crippen molar-refractivity contribution in [3.63, 3.8) is 0 Å². The normalized spacial score (nSPS) is 15.7. The van der Waals surface area contributed by atoms with Crippen LogP contribution in [0.5, 0.6) is 5.75 Å². The van der Waals surface area contributed by atoms with Crippen LogP contribution in [0.1, 0.15) is 43.6 Å². The smallest absolute Gasteiger partial charge is 0.335 e. The van der Waals surface area contributed by atoms with E-state index in [0.29, 0.717) is 38.4 Å². The van der Waals surface area contributed by atoms with E-state index < -0.39 is 9.84 Å². The van der Waals surface area contributed by atoms with Crippen LogP contribution in [0.3, 0.4) is 0 Å². The molecule has 1 aliphatic heterocycles. The highest BCUT2D eigenvalue weighted by Gasteiger charge is 2.28. The van der Waals surface area contributed by atoms with Crippen molar-refractivity contribution < 1.29 is 22.4 Å². The molecular weight excluding hydrogens is 394 g/mol. The molecule has 0 bridgehead atoms. The van der Waals surface area contributed by atoms with Crippen LogP contribution in [0.4, 0.5) is 0 Å². The van der Waals surface area contributed by atoms with Gasteiger partial charge in [0.05, 0.1) is 6.61 Å². The van der Waals surface area contributed by atoms with Gasteiger partial charge in [-0.2, -0.15) is 0 Å². The van der Waals surface area contributed by atoms with Crippen LogP contribution >= 0.6 is 0 Å². The van der Waals surface area contributed by atoms with Crippen LogP contribution in [-0.4, -0.2) is 55.4 Å². The Hall–Kier alpha value is -2.68. The Kier molecular flexibility index (Phi) is 6.68. The fraction of sp³-hybridized carbons (Fsp3) is 0.450.